The number of carbonyl (C=O) groups is 2. The first-order valence-corrected chi connectivity index (χ1v) is 7.88. The van der Waals surface area contributed by atoms with Gasteiger partial charge in [-0.05, 0) is 19.3 Å². The van der Waals surface area contributed by atoms with E-state index in [9.17, 15) is 9.59 Å². The van der Waals surface area contributed by atoms with Gasteiger partial charge in [0.05, 0.1) is 0 Å². The van der Waals surface area contributed by atoms with E-state index in [1.54, 1.807) is 0 Å². The maximum atomic E-state index is 12.4. The summed E-state index contributed by atoms with van der Waals surface area (Å²) >= 11 is 0. The molecule has 1 aliphatic carbocycles. The third-order valence-electron chi connectivity index (χ3n) is 4.61. The van der Waals surface area contributed by atoms with E-state index in [1.807, 2.05) is 16.7 Å². The van der Waals surface area contributed by atoms with Crippen LogP contribution in [0.1, 0.15) is 51.9 Å². The Balaban J connectivity index is 1.86. The van der Waals surface area contributed by atoms with E-state index in [0.717, 1.165) is 45.2 Å². The van der Waals surface area contributed by atoms with Crippen LogP contribution < -0.4 is 5.73 Å². The lowest BCUT2D eigenvalue weighted by atomic mass is 9.94. The molecular weight excluding hydrogens is 254 g/mol. The Labute approximate surface area is 121 Å². The van der Waals surface area contributed by atoms with E-state index >= 15 is 0 Å². The van der Waals surface area contributed by atoms with Crippen LogP contribution in [0.25, 0.3) is 0 Å². The molecule has 0 spiro atoms. The van der Waals surface area contributed by atoms with Crippen molar-refractivity contribution in [3.8, 4) is 0 Å². The summed E-state index contributed by atoms with van der Waals surface area (Å²) in [6.07, 6.45) is 6.09. The van der Waals surface area contributed by atoms with Crippen molar-refractivity contribution in [2.24, 2.45) is 5.73 Å². The molecule has 0 aromatic heterocycles. The van der Waals surface area contributed by atoms with Crippen molar-refractivity contribution >= 4 is 11.8 Å². The molecule has 1 aliphatic heterocycles. The highest BCUT2D eigenvalue weighted by Gasteiger charge is 2.33. The van der Waals surface area contributed by atoms with Gasteiger partial charge in [-0.2, -0.15) is 0 Å². The molecule has 0 aromatic rings. The molecule has 5 nitrogen and oxygen atoms in total. The Hall–Kier alpha value is -1.10. The smallest absolute Gasteiger partial charge is 0.224 e. The third kappa shape index (κ3) is 3.72. The molecule has 0 unspecified atom stereocenters. The molecule has 2 rings (SSSR count). The maximum Gasteiger partial charge on any atom is 0.224 e. The Morgan fingerprint density at radius 2 is 1.50 bits per heavy atom. The molecule has 0 radical (unpaired) electrons. The van der Waals surface area contributed by atoms with E-state index in [1.165, 1.54) is 0 Å². The lowest BCUT2D eigenvalue weighted by molar-refractivity contribution is -0.134. The first-order valence-electron chi connectivity index (χ1n) is 7.88. The quantitative estimate of drug-likeness (QED) is 0.843. The number of nitrogens with two attached hydrogens (primary N) is 1. The van der Waals surface area contributed by atoms with Crippen LogP contribution in [-0.2, 0) is 9.59 Å². The fourth-order valence-electron chi connectivity index (χ4n) is 3.31. The highest BCUT2D eigenvalue weighted by atomic mass is 16.2. The SMILES string of the molecule is CCC(=O)N1CCCN(C(=O)CC2(N)CCCC2)CC1. The number of amides is 2. The van der Waals surface area contributed by atoms with Crippen molar-refractivity contribution in [2.75, 3.05) is 26.2 Å². The van der Waals surface area contributed by atoms with Crippen molar-refractivity contribution in [3.63, 3.8) is 0 Å². The third-order valence-corrected chi connectivity index (χ3v) is 4.61. The van der Waals surface area contributed by atoms with Gasteiger partial charge in [-0.1, -0.05) is 19.8 Å². The van der Waals surface area contributed by atoms with Crippen LogP contribution >= 0.6 is 0 Å². The minimum atomic E-state index is -0.275. The fraction of sp³-hybridized carbons (Fsp3) is 0.867. The van der Waals surface area contributed by atoms with Crippen LogP contribution in [0.15, 0.2) is 0 Å². The van der Waals surface area contributed by atoms with Gasteiger partial charge in [-0.25, -0.2) is 0 Å². The largest absolute Gasteiger partial charge is 0.341 e. The Morgan fingerprint density at radius 1 is 0.950 bits per heavy atom. The summed E-state index contributed by atoms with van der Waals surface area (Å²) in [7, 11) is 0. The minimum absolute atomic E-state index is 0.167. The molecule has 0 atom stereocenters. The number of nitrogens with zero attached hydrogens (tertiary/aromatic N) is 2. The zero-order valence-corrected chi connectivity index (χ0v) is 12.6. The molecule has 2 aliphatic rings. The first-order chi connectivity index (χ1) is 9.54. The predicted octanol–water partition coefficient (Wildman–Crippen LogP) is 1.12. The second-order valence-electron chi connectivity index (χ2n) is 6.21. The van der Waals surface area contributed by atoms with Crippen LogP contribution in [0.3, 0.4) is 0 Å². The van der Waals surface area contributed by atoms with E-state index in [0.29, 0.717) is 25.9 Å². The highest BCUT2D eigenvalue weighted by Crippen LogP contribution is 2.30. The van der Waals surface area contributed by atoms with Gasteiger partial charge in [-0.3, -0.25) is 9.59 Å². The van der Waals surface area contributed by atoms with E-state index in [2.05, 4.69) is 0 Å². The Bertz CT molecular complexity index is 364. The number of hydrogen-bond acceptors (Lipinski definition) is 3. The lowest BCUT2D eigenvalue weighted by Gasteiger charge is -2.28. The van der Waals surface area contributed by atoms with Crippen molar-refractivity contribution in [3.05, 3.63) is 0 Å². The van der Waals surface area contributed by atoms with E-state index < -0.39 is 0 Å². The normalized spacial score (nSPS) is 22.7. The molecule has 1 saturated heterocycles. The number of carbonyl (C=O) groups excluding carboxylic acids is 2. The predicted molar refractivity (Wildman–Crippen MR) is 78.1 cm³/mol. The van der Waals surface area contributed by atoms with Crippen molar-refractivity contribution in [2.45, 2.75) is 57.4 Å². The Kier molecular flexibility index (Phi) is 5.02. The van der Waals surface area contributed by atoms with E-state index in [-0.39, 0.29) is 17.4 Å². The molecule has 2 fully saturated rings. The topological polar surface area (TPSA) is 66.6 Å². The van der Waals surface area contributed by atoms with Crippen LogP contribution in [0.2, 0.25) is 0 Å². The first kappa shape index (κ1) is 15.3. The molecule has 1 saturated carbocycles. The van der Waals surface area contributed by atoms with Gasteiger partial charge in [0.25, 0.3) is 0 Å². The molecule has 5 heteroatoms. The van der Waals surface area contributed by atoms with Crippen LogP contribution in [0, 0.1) is 0 Å². The molecular formula is C15H27N3O2. The zero-order valence-electron chi connectivity index (χ0n) is 12.6. The number of hydrogen-bond donors (Lipinski definition) is 1. The number of rotatable bonds is 3. The second-order valence-corrected chi connectivity index (χ2v) is 6.21. The standard InChI is InChI=1S/C15H27N3O2/c1-2-13(19)17-8-5-9-18(11-10-17)14(20)12-15(16)6-3-4-7-15/h2-12,16H2,1H3. The van der Waals surface area contributed by atoms with Gasteiger partial charge in [0.2, 0.25) is 11.8 Å². The van der Waals surface area contributed by atoms with Gasteiger partial charge in [-0.15, -0.1) is 0 Å². The zero-order chi connectivity index (χ0) is 14.6. The van der Waals surface area contributed by atoms with Gasteiger partial charge in [0.1, 0.15) is 0 Å². The van der Waals surface area contributed by atoms with Crippen molar-refractivity contribution in [1.82, 2.24) is 9.80 Å². The average Bonchev–Trinajstić information content (AvgIpc) is 2.71. The van der Waals surface area contributed by atoms with Gasteiger partial charge < -0.3 is 15.5 Å². The molecule has 0 aromatic carbocycles. The van der Waals surface area contributed by atoms with Crippen molar-refractivity contribution < 1.29 is 9.59 Å². The lowest BCUT2D eigenvalue weighted by Crippen LogP contribution is -2.44. The van der Waals surface area contributed by atoms with Crippen molar-refractivity contribution in [1.29, 1.82) is 0 Å². The summed E-state index contributed by atoms with van der Waals surface area (Å²) in [6, 6.07) is 0. The molecule has 2 N–H and O–H groups in total. The highest BCUT2D eigenvalue weighted by molar-refractivity contribution is 5.78. The summed E-state index contributed by atoms with van der Waals surface area (Å²) in [5.41, 5.74) is 6.02. The monoisotopic (exact) mass is 281 g/mol. The minimum Gasteiger partial charge on any atom is -0.341 e. The summed E-state index contributed by atoms with van der Waals surface area (Å²) in [5, 5.41) is 0. The summed E-state index contributed by atoms with van der Waals surface area (Å²) in [5.74, 6) is 0.352. The molecule has 114 valence electrons. The summed E-state index contributed by atoms with van der Waals surface area (Å²) in [6.45, 7) is 4.72. The Morgan fingerprint density at radius 3 is 2.05 bits per heavy atom. The fourth-order valence-corrected chi connectivity index (χ4v) is 3.31. The molecule has 0 bridgehead atoms. The second kappa shape index (κ2) is 6.57. The molecule has 20 heavy (non-hydrogen) atoms. The average molecular weight is 281 g/mol. The summed E-state index contributed by atoms with van der Waals surface area (Å²) < 4.78 is 0. The summed E-state index contributed by atoms with van der Waals surface area (Å²) in [4.78, 5) is 27.9. The van der Waals surface area contributed by atoms with Gasteiger partial charge >= 0.3 is 0 Å². The molecule has 1 heterocycles. The maximum absolute atomic E-state index is 12.4. The van der Waals surface area contributed by atoms with Gasteiger partial charge in [0, 0.05) is 44.6 Å². The van der Waals surface area contributed by atoms with Crippen LogP contribution in [0.4, 0.5) is 0 Å². The molecule has 2 amide bonds. The van der Waals surface area contributed by atoms with Crippen LogP contribution in [0.5, 0.6) is 0 Å². The van der Waals surface area contributed by atoms with Crippen LogP contribution in [-0.4, -0.2) is 53.3 Å². The van der Waals surface area contributed by atoms with Gasteiger partial charge in [0.15, 0.2) is 0 Å². The van der Waals surface area contributed by atoms with E-state index in [4.69, 9.17) is 5.73 Å².